The van der Waals surface area contributed by atoms with Crippen molar-refractivity contribution in [3.8, 4) is 0 Å². The maximum absolute atomic E-state index is 10.6. The summed E-state index contributed by atoms with van der Waals surface area (Å²) in [5, 5.41) is 17.4. The predicted octanol–water partition coefficient (Wildman–Crippen LogP) is 1.58. The lowest BCUT2D eigenvalue weighted by molar-refractivity contribution is 0.0696. The van der Waals surface area contributed by atoms with Crippen molar-refractivity contribution in [1.82, 2.24) is 4.98 Å². The summed E-state index contributed by atoms with van der Waals surface area (Å²) in [7, 11) is 0. The first-order chi connectivity index (χ1) is 6.07. The number of rotatable bonds is 2. The van der Waals surface area contributed by atoms with E-state index in [9.17, 15) is 4.79 Å². The van der Waals surface area contributed by atoms with E-state index in [1.165, 1.54) is 0 Å². The summed E-state index contributed by atoms with van der Waals surface area (Å²) in [5.74, 6) is -1.20. The highest BCUT2D eigenvalue weighted by atomic mass is 35.5. The molecule has 70 valence electrons. The molecule has 4 nitrogen and oxygen atoms in total. The van der Waals surface area contributed by atoms with Crippen molar-refractivity contribution in [2.24, 2.45) is 0 Å². The summed E-state index contributed by atoms with van der Waals surface area (Å²) in [6.07, 6.45) is 1.05. The fourth-order valence-corrected chi connectivity index (χ4v) is 1.32. The number of carbonyl (C=O) groups is 1. The van der Waals surface area contributed by atoms with Crippen molar-refractivity contribution in [3.63, 3.8) is 0 Å². The Morgan fingerprint density at radius 1 is 1.54 bits per heavy atom. The second kappa shape index (κ2) is 3.91. The fourth-order valence-electron chi connectivity index (χ4n) is 0.793. The quantitative estimate of drug-likeness (QED) is 0.745. The maximum atomic E-state index is 10.6. The number of aromatic carboxylic acids is 1. The fraction of sp³-hybridized carbons (Fsp3) is 0.143. The highest BCUT2D eigenvalue weighted by Crippen LogP contribution is 2.25. The number of pyridine rings is 1. The minimum absolute atomic E-state index is 0.0116. The van der Waals surface area contributed by atoms with Crippen LogP contribution in [0.1, 0.15) is 15.9 Å². The SMILES string of the molecule is O=C(O)c1cnc(Cl)c(CO)c1Cl. The number of carboxylic acid groups (broad SMARTS) is 1. The van der Waals surface area contributed by atoms with Crippen molar-refractivity contribution in [1.29, 1.82) is 0 Å². The van der Waals surface area contributed by atoms with Crippen LogP contribution in [0.15, 0.2) is 6.20 Å². The topological polar surface area (TPSA) is 70.4 Å². The molecule has 0 aromatic carbocycles. The molecule has 1 aromatic rings. The number of halogens is 2. The Bertz CT molecular complexity index is 354. The zero-order valence-corrected chi connectivity index (χ0v) is 7.80. The van der Waals surface area contributed by atoms with Crippen molar-refractivity contribution >= 4 is 29.2 Å². The first kappa shape index (κ1) is 10.2. The van der Waals surface area contributed by atoms with Crippen LogP contribution in [-0.2, 0) is 6.61 Å². The van der Waals surface area contributed by atoms with Gasteiger partial charge in [-0.05, 0) is 0 Å². The van der Waals surface area contributed by atoms with E-state index in [-0.39, 0.29) is 21.3 Å². The molecule has 0 amide bonds. The third kappa shape index (κ3) is 1.91. The Hall–Kier alpha value is -0.840. The van der Waals surface area contributed by atoms with Gasteiger partial charge >= 0.3 is 5.97 Å². The molecule has 0 saturated carbocycles. The highest BCUT2D eigenvalue weighted by molar-refractivity contribution is 6.37. The number of aromatic nitrogens is 1. The normalized spacial score (nSPS) is 10.1. The number of carboxylic acids is 1. The molecule has 0 bridgehead atoms. The summed E-state index contributed by atoms with van der Waals surface area (Å²) in [6.45, 7) is -0.439. The molecular weight excluding hydrogens is 217 g/mol. The van der Waals surface area contributed by atoms with Crippen LogP contribution in [-0.4, -0.2) is 21.2 Å². The van der Waals surface area contributed by atoms with Gasteiger partial charge in [0, 0.05) is 11.8 Å². The van der Waals surface area contributed by atoms with Gasteiger partial charge in [-0.15, -0.1) is 0 Å². The van der Waals surface area contributed by atoms with Gasteiger partial charge < -0.3 is 10.2 Å². The second-order valence-corrected chi connectivity index (χ2v) is 2.95. The summed E-state index contributed by atoms with van der Waals surface area (Å²) >= 11 is 11.2. The molecule has 0 aliphatic heterocycles. The average molecular weight is 222 g/mol. The van der Waals surface area contributed by atoms with E-state index < -0.39 is 12.6 Å². The number of aliphatic hydroxyl groups is 1. The van der Waals surface area contributed by atoms with E-state index in [2.05, 4.69) is 4.98 Å². The van der Waals surface area contributed by atoms with Crippen LogP contribution in [0.4, 0.5) is 0 Å². The van der Waals surface area contributed by atoms with Crippen LogP contribution in [0.25, 0.3) is 0 Å². The monoisotopic (exact) mass is 221 g/mol. The largest absolute Gasteiger partial charge is 0.478 e. The molecule has 1 rings (SSSR count). The molecule has 1 aromatic heterocycles. The lowest BCUT2D eigenvalue weighted by Crippen LogP contribution is -2.02. The molecule has 0 unspecified atom stereocenters. The summed E-state index contributed by atoms with van der Waals surface area (Å²) < 4.78 is 0. The number of nitrogens with zero attached hydrogens (tertiary/aromatic N) is 1. The zero-order valence-electron chi connectivity index (χ0n) is 6.29. The first-order valence-electron chi connectivity index (χ1n) is 3.25. The zero-order chi connectivity index (χ0) is 10.0. The molecule has 0 aliphatic rings. The van der Waals surface area contributed by atoms with Gasteiger partial charge in [-0.25, -0.2) is 9.78 Å². The molecule has 6 heteroatoms. The van der Waals surface area contributed by atoms with Crippen LogP contribution in [0.5, 0.6) is 0 Å². The maximum Gasteiger partial charge on any atom is 0.338 e. The minimum Gasteiger partial charge on any atom is -0.478 e. The predicted molar refractivity (Wildman–Crippen MR) is 47.1 cm³/mol. The summed E-state index contributed by atoms with van der Waals surface area (Å²) in [6, 6.07) is 0. The van der Waals surface area contributed by atoms with E-state index in [1.54, 1.807) is 0 Å². The first-order valence-corrected chi connectivity index (χ1v) is 4.00. The van der Waals surface area contributed by atoms with Gasteiger partial charge in [-0.1, -0.05) is 23.2 Å². The number of hydrogen-bond donors (Lipinski definition) is 2. The molecule has 2 N–H and O–H groups in total. The van der Waals surface area contributed by atoms with Gasteiger partial charge in [0.25, 0.3) is 0 Å². The van der Waals surface area contributed by atoms with E-state index >= 15 is 0 Å². The third-order valence-electron chi connectivity index (χ3n) is 1.45. The smallest absolute Gasteiger partial charge is 0.338 e. The minimum atomic E-state index is -1.20. The van der Waals surface area contributed by atoms with Crippen molar-refractivity contribution in [2.45, 2.75) is 6.61 Å². The van der Waals surface area contributed by atoms with E-state index in [4.69, 9.17) is 33.4 Å². The molecule has 13 heavy (non-hydrogen) atoms. The molecule has 0 aliphatic carbocycles. The van der Waals surface area contributed by atoms with Crippen molar-refractivity contribution in [3.05, 3.63) is 27.5 Å². The van der Waals surface area contributed by atoms with Crippen LogP contribution in [0.3, 0.4) is 0 Å². The van der Waals surface area contributed by atoms with Crippen molar-refractivity contribution < 1.29 is 15.0 Å². The number of aliphatic hydroxyl groups excluding tert-OH is 1. The molecule has 1 heterocycles. The van der Waals surface area contributed by atoms with Gasteiger partial charge in [0.05, 0.1) is 17.2 Å². The molecule has 0 saturated heterocycles. The molecule has 0 radical (unpaired) electrons. The Balaban J connectivity index is 3.35. The van der Waals surface area contributed by atoms with Gasteiger partial charge in [0.1, 0.15) is 5.15 Å². The lowest BCUT2D eigenvalue weighted by atomic mass is 10.2. The van der Waals surface area contributed by atoms with Gasteiger partial charge in [0.15, 0.2) is 0 Å². The molecule has 0 spiro atoms. The highest BCUT2D eigenvalue weighted by Gasteiger charge is 2.15. The van der Waals surface area contributed by atoms with E-state index in [0.717, 1.165) is 6.20 Å². The summed E-state index contributed by atoms with van der Waals surface area (Å²) in [4.78, 5) is 14.1. The molecular formula is C7H5Cl2NO3. The van der Waals surface area contributed by atoms with E-state index in [1.807, 2.05) is 0 Å². The molecule has 0 fully saturated rings. The Labute approximate surface area is 83.7 Å². The average Bonchev–Trinajstić information content (AvgIpc) is 2.04. The Morgan fingerprint density at radius 3 is 2.62 bits per heavy atom. The second-order valence-electron chi connectivity index (χ2n) is 2.22. The third-order valence-corrected chi connectivity index (χ3v) is 2.20. The van der Waals surface area contributed by atoms with Crippen molar-refractivity contribution in [2.75, 3.05) is 0 Å². The van der Waals surface area contributed by atoms with Gasteiger partial charge in [0.2, 0.25) is 0 Å². The van der Waals surface area contributed by atoms with Crippen LogP contribution in [0, 0.1) is 0 Å². The summed E-state index contributed by atoms with van der Waals surface area (Å²) in [5.41, 5.74) is -0.0432. The standard InChI is InChI=1S/C7H5Cl2NO3/c8-5-3(7(12)13)1-10-6(9)4(5)2-11/h1,11H,2H2,(H,12,13). The van der Waals surface area contributed by atoms with Gasteiger partial charge in [-0.3, -0.25) is 0 Å². The molecule has 0 atom stereocenters. The lowest BCUT2D eigenvalue weighted by Gasteiger charge is -2.04. The Kier molecular flexibility index (Phi) is 3.08. The van der Waals surface area contributed by atoms with Crippen LogP contribution >= 0.6 is 23.2 Å². The Morgan fingerprint density at radius 2 is 2.15 bits per heavy atom. The van der Waals surface area contributed by atoms with Gasteiger partial charge in [-0.2, -0.15) is 0 Å². The number of hydrogen-bond acceptors (Lipinski definition) is 3. The van der Waals surface area contributed by atoms with Crippen LogP contribution in [0.2, 0.25) is 10.2 Å². The van der Waals surface area contributed by atoms with Crippen LogP contribution < -0.4 is 0 Å². The van der Waals surface area contributed by atoms with E-state index in [0.29, 0.717) is 0 Å².